The van der Waals surface area contributed by atoms with Gasteiger partial charge in [-0.05, 0) is 30.3 Å². The summed E-state index contributed by atoms with van der Waals surface area (Å²) in [6.45, 7) is 0. The van der Waals surface area contributed by atoms with Crippen molar-refractivity contribution >= 4 is 9.84 Å². The Labute approximate surface area is 99.8 Å². The number of hydrogen-bond donors (Lipinski definition) is 0. The van der Waals surface area contributed by atoms with Crippen molar-refractivity contribution in [3.8, 4) is 11.6 Å². The molecule has 0 aliphatic rings. The third-order valence-electron chi connectivity index (χ3n) is 2.06. The van der Waals surface area contributed by atoms with E-state index in [0.717, 1.165) is 6.26 Å². The van der Waals surface area contributed by atoms with Crippen LogP contribution < -0.4 is 4.74 Å². The van der Waals surface area contributed by atoms with Crippen molar-refractivity contribution in [3.63, 3.8) is 0 Å². The van der Waals surface area contributed by atoms with Crippen molar-refractivity contribution < 1.29 is 13.2 Å². The van der Waals surface area contributed by atoms with Crippen LogP contribution >= 0.6 is 0 Å². The van der Waals surface area contributed by atoms with Gasteiger partial charge in [-0.2, -0.15) is 0 Å². The van der Waals surface area contributed by atoms with Crippen LogP contribution in [-0.4, -0.2) is 19.7 Å². The zero-order valence-corrected chi connectivity index (χ0v) is 9.94. The van der Waals surface area contributed by atoms with Gasteiger partial charge in [0.2, 0.25) is 5.88 Å². The van der Waals surface area contributed by atoms with Crippen molar-refractivity contribution in [3.05, 3.63) is 48.7 Å². The molecule has 0 unspecified atom stereocenters. The molecular weight excluding hydrogens is 238 g/mol. The highest BCUT2D eigenvalue weighted by atomic mass is 32.2. The molecule has 17 heavy (non-hydrogen) atoms. The Morgan fingerprint density at radius 2 is 1.88 bits per heavy atom. The van der Waals surface area contributed by atoms with Gasteiger partial charge in [-0.25, -0.2) is 13.4 Å². The summed E-state index contributed by atoms with van der Waals surface area (Å²) in [5.41, 5.74) is 0. The lowest BCUT2D eigenvalue weighted by molar-refractivity contribution is 0.462. The number of hydrogen-bond acceptors (Lipinski definition) is 4. The molecule has 0 spiro atoms. The molecule has 1 aromatic heterocycles. The average molecular weight is 248 g/mol. The molecule has 1 radical (unpaired) electrons. The van der Waals surface area contributed by atoms with Gasteiger partial charge in [-0.15, -0.1) is 0 Å². The summed E-state index contributed by atoms with van der Waals surface area (Å²) >= 11 is 0. The smallest absolute Gasteiger partial charge is 0.219 e. The lowest BCUT2D eigenvalue weighted by atomic mass is 10.3. The topological polar surface area (TPSA) is 56.3 Å². The SMILES string of the molecule is CS(=O)(=O)c1ccc(Oc2cc[c]cn2)cc1. The highest BCUT2D eigenvalue weighted by Gasteiger charge is 2.06. The van der Waals surface area contributed by atoms with E-state index in [-0.39, 0.29) is 4.90 Å². The van der Waals surface area contributed by atoms with E-state index < -0.39 is 9.84 Å². The van der Waals surface area contributed by atoms with Crippen LogP contribution in [0.2, 0.25) is 0 Å². The van der Waals surface area contributed by atoms with Gasteiger partial charge < -0.3 is 4.74 Å². The quantitative estimate of drug-likeness (QED) is 0.834. The minimum absolute atomic E-state index is 0.263. The summed E-state index contributed by atoms with van der Waals surface area (Å²) in [5.74, 6) is 0.979. The first-order chi connectivity index (χ1) is 8.05. The number of sulfone groups is 1. The molecule has 0 saturated carbocycles. The van der Waals surface area contributed by atoms with Crippen molar-refractivity contribution in [1.82, 2.24) is 4.98 Å². The van der Waals surface area contributed by atoms with E-state index >= 15 is 0 Å². The van der Waals surface area contributed by atoms with Crippen LogP contribution in [0, 0.1) is 6.07 Å². The minimum Gasteiger partial charge on any atom is -0.439 e. The highest BCUT2D eigenvalue weighted by molar-refractivity contribution is 7.90. The molecule has 0 fully saturated rings. The number of ether oxygens (including phenoxy) is 1. The zero-order chi connectivity index (χ0) is 12.3. The molecule has 0 amide bonds. The fraction of sp³-hybridized carbons (Fsp3) is 0.0833. The molecule has 1 aromatic carbocycles. The Kier molecular flexibility index (Phi) is 3.10. The first-order valence-corrected chi connectivity index (χ1v) is 6.75. The first kappa shape index (κ1) is 11.6. The van der Waals surface area contributed by atoms with E-state index in [9.17, 15) is 8.42 Å². The average Bonchev–Trinajstić information content (AvgIpc) is 2.30. The summed E-state index contributed by atoms with van der Waals surface area (Å²) in [6.07, 6.45) is 2.66. The molecule has 1 heterocycles. The lowest BCUT2D eigenvalue weighted by Gasteiger charge is -2.04. The van der Waals surface area contributed by atoms with Crippen molar-refractivity contribution in [1.29, 1.82) is 0 Å². The second-order valence-corrected chi connectivity index (χ2v) is 5.46. The van der Waals surface area contributed by atoms with Crippen LogP contribution in [0.1, 0.15) is 0 Å². The van der Waals surface area contributed by atoms with Crippen molar-refractivity contribution in [2.75, 3.05) is 6.26 Å². The van der Waals surface area contributed by atoms with E-state index in [1.807, 2.05) is 0 Å². The summed E-state index contributed by atoms with van der Waals surface area (Å²) in [5, 5.41) is 0. The third-order valence-corrected chi connectivity index (χ3v) is 3.19. The molecule has 0 bridgehead atoms. The Morgan fingerprint density at radius 3 is 2.41 bits per heavy atom. The van der Waals surface area contributed by atoms with Crippen LogP contribution in [-0.2, 0) is 9.84 Å². The van der Waals surface area contributed by atoms with E-state index in [4.69, 9.17) is 4.74 Å². The fourth-order valence-electron chi connectivity index (χ4n) is 1.24. The van der Waals surface area contributed by atoms with Gasteiger partial charge in [0.05, 0.1) is 4.90 Å². The molecule has 2 rings (SSSR count). The molecule has 87 valence electrons. The van der Waals surface area contributed by atoms with E-state index in [2.05, 4.69) is 11.1 Å². The molecule has 4 nitrogen and oxygen atoms in total. The maximum absolute atomic E-state index is 11.2. The standard InChI is InChI=1S/C12H10NO3S/c1-17(14,15)11-7-5-10(6-8-11)16-12-4-2-3-9-13-12/h2,4-9H,1H3. The molecule has 0 saturated heterocycles. The van der Waals surface area contributed by atoms with Crippen LogP contribution in [0.3, 0.4) is 0 Å². The van der Waals surface area contributed by atoms with Gasteiger partial charge in [0, 0.05) is 24.6 Å². The van der Waals surface area contributed by atoms with Crippen molar-refractivity contribution in [2.24, 2.45) is 0 Å². The van der Waals surface area contributed by atoms with Gasteiger partial charge in [0.15, 0.2) is 9.84 Å². The molecule has 0 N–H and O–H groups in total. The Bertz CT molecular complexity index is 591. The van der Waals surface area contributed by atoms with Crippen LogP contribution in [0.5, 0.6) is 11.6 Å². The largest absolute Gasteiger partial charge is 0.439 e. The van der Waals surface area contributed by atoms with Gasteiger partial charge in [0.1, 0.15) is 5.75 Å². The van der Waals surface area contributed by atoms with Crippen LogP contribution in [0.15, 0.2) is 47.5 Å². The molecule has 5 heteroatoms. The predicted molar refractivity (Wildman–Crippen MR) is 62.7 cm³/mol. The van der Waals surface area contributed by atoms with E-state index in [0.29, 0.717) is 11.6 Å². The number of aromatic nitrogens is 1. The second kappa shape index (κ2) is 4.55. The number of pyridine rings is 1. The fourth-order valence-corrected chi connectivity index (χ4v) is 1.87. The second-order valence-electron chi connectivity index (χ2n) is 3.44. The van der Waals surface area contributed by atoms with Gasteiger partial charge in [0.25, 0.3) is 0 Å². The normalized spacial score (nSPS) is 11.1. The molecule has 0 aliphatic heterocycles. The zero-order valence-electron chi connectivity index (χ0n) is 9.12. The Morgan fingerprint density at radius 1 is 1.18 bits per heavy atom. The van der Waals surface area contributed by atoms with Crippen LogP contribution in [0.25, 0.3) is 0 Å². The van der Waals surface area contributed by atoms with Gasteiger partial charge in [-0.3, -0.25) is 0 Å². The maximum Gasteiger partial charge on any atom is 0.219 e. The summed E-state index contributed by atoms with van der Waals surface area (Å²) < 4.78 is 27.9. The summed E-state index contributed by atoms with van der Waals surface area (Å²) in [7, 11) is -3.17. The third kappa shape index (κ3) is 3.04. The predicted octanol–water partition coefficient (Wildman–Crippen LogP) is 2.08. The van der Waals surface area contributed by atoms with Gasteiger partial charge >= 0.3 is 0 Å². The van der Waals surface area contributed by atoms with E-state index in [1.165, 1.54) is 18.3 Å². The van der Waals surface area contributed by atoms with Crippen molar-refractivity contribution in [2.45, 2.75) is 4.90 Å². The van der Waals surface area contributed by atoms with E-state index in [1.54, 1.807) is 24.3 Å². The molecule has 0 aliphatic carbocycles. The molecule has 0 atom stereocenters. The Hall–Kier alpha value is -1.88. The highest BCUT2D eigenvalue weighted by Crippen LogP contribution is 2.20. The molecule has 2 aromatic rings. The molecular formula is C12H10NO3S. The first-order valence-electron chi connectivity index (χ1n) is 4.86. The van der Waals surface area contributed by atoms with Crippen LogP contribution in [0.4, 0.5) is 0 Å². The Balaban J connectivity index is 2.20. The number of benzene rings is 1. The number of rotatable bonds is 3. The summed E-state index contributed by atoms with van der Waals surface area (Å²) in [4.78, 5) is 4.21. The summed E-state index contributed by atoms with van der Waals surface area (Å²) in [6, 6.07) is 12.3. The maximum atomic E-state index is 11.2. The monoisotopic (exact) mass is 248 g/mol. The van der Waals surface area contributed by atoms with Gasteiger partial charge in [-0.1, -0.05) is 0 Å². The minimum atomic E-state index is -3.17. The lowest BCUT2D eigenvalue weighted by Crippen LogP contribution is -1.96. The number of nitrogens with zero attached hydrogens (tertiary/aromatic N) is 1.